The van der Waals surface area contributed by atoms with E-state index in [1.54, 1.807) is 7.11 Å². The van der Waals surface area contributed by atoms with E-state index in [2.05, 4.69) is 53.1 Å². The summed E-state index contributed by atoms with van der Waals surface area (Å²) in [5, 5.41) is 0. The van der Waals surface area contributed by atoms with Gasteiger partial charge in [-0.3, -0.25) is 4.79 Å². The van der Waals surface area contributed by atoms with Crippen molar-refractivity contribution in [3.8, 4) is 17.2 Å². The zero-order valence-corrected chi connectivity index (χ0v) is 19.8. The van der Waals surface area contributed by atoms with E-state index in [4.69, 9.17) is 14.2 Å². The first kappa shape index (κ1) is 21.9. The molecule has 0 fully saturated rings. The molecule has 0 aromatic heterocycles. The lowest BCUT2D eigenvalue weighted by Gasteiger charge is -2.43. The molecular formula is C26H36NO4+. The molecule has 0 radical (unpaired) electrons. The first-order valence-electron chi connectivity index (χ1n) is 11.3. The van der Waals surface area contributed by atoms with Crippen LogP contribution in [0.2, 0.25) is 0 Å². The summed E-state index contributed by atoms with van der Waals surface area (Å²) in [6.07, 6.45) is 9.92. The Labute approximate surface area is 186 Å². The number of benzene rings is 1. The summed E-state index contributed by atoms with van der Waals surface area (Å²) in [7, 11) is 6.07. The molecule has 168 valence electrons. The molecule has 4 rings (SSSR count). The fraction of sp³-hybridized carbons (Fsp3) is 0.577. The molecular weight excluding hydrogens is 390 g/mol. The van der Waals surface area contributed by atoms with E-state index in [0.29, 0.717) is 18.1 Å². The van der Waals surface area contributed by atoms with Crippen molar-refractivity contribution >= 4 is 5.78 Å². The van der Waals surface area contributed by atoms with Crippen molar-refractivity contribution in [2.24, 2.45) is 11.3 Å². The van der Waals surface area contributed by atoms with Gasteiger partial charge in [0.25, 0.3) is 0 Å². The number of hydrogen-bond acceptors (Lipinski definition) is 4. The van der Waals surface area contributed by atoms with Crippen LogP contribution in [-0.2, 0) is 11.2 Å². The summed E-state index contributed by atoms with van der Waals surface area (Å²) in [6.45, 7) is 7.96. The minimum Gasteiger partial charge on any atom is -0.492 e. The standard InChI is InChI=1S/C26H36NO4/c1-17-8-7-12-26(2,3)20(17)10-9-19(28)15-21-23-18(11-13-27(21,4)5)14-22-24(25(23)29-6)31-16-30-22/h8-10,14,20-21H,7,11-13,15-16H2,1-6H3/q+1/b10-9+/t20-,21-/m1/s1. The number of methoxy groups -OCH3 is 1. The lowest BCUT2D eigenvalue weighted by atomic mass is 9.68. The molecule has 2 aliphatic heterocycles. The number of fused-ring (bicyclic) bond motifs is 2. The molecule has 1 aromatic carbocycles. The first-order chi connectivity index (χ1) is 14.6. The number of nitrogens with zero attached hydrogens (tertiary/aromatic N) is 1. The number of ether oxygens (including phenoxy) is 3. The van der Waals surface area contributed by atoms with E-state index >= 15 is 0 Å². The van der Waals surface area contributed by atoms with Crippen LogP contribution in [-0.4, -0.2) is 44.8 Å². The zero-order chi connectivity index (χ0) is 22.4. The van der Waals surface area contributed by atoms with Gasteiger partial charge < -0.3 is 18.7 Å². The second-order valence-electron chi connectivity index (χ2n) is 10.5. The summed E-state index contributed by atoms with van der Waals surface area (Å²) in [4.78, 5) is 13.2. The third kappa shape index (κ3) is 4.00. The van der Waals surface area contributed by atoms with Gasteiger partial charge >= 0.3 is 0 Å². The normalized spacial score (nSPS) is 25.8. The van der Waals surface area contributed by atoms with Crippen LogP contribution in [0.15, 0.2) is 29.9 Å². The van der Waals surface area contributed by atoms with Crippen molar-refractivity contribution in [3.63, 3.8) is 0 Å². The van der Waals surface area contributed by atoms with E-state index in [9.17, 15) is 4.79 Å². The van der Waals surface area contributed by atoms with Crippen molar-refractivity contribution in [3.05, 3.63) is 41.0 Å². The number of quaternary nitrogens is 1. The van der Waals surface area contributed by atoms with E-state index in [-0.39, 0.29) is 24.0 Å². The number of rotatable bonds is 5. The fourth-order valence-corrected chi connectivity index (χ4v) is 5.56. The average molecular weight is 427 g/mol. The van der Waals surface area contributed by atoms with Gasteiger partial charge in [0, 0.05) is 12.3 Å². The Hall–Kier alpha value is -2.27. The molecule has 3 aliphatic rings. The van der Waals surface area contributed by atoms with Gasteiger partial charge in [-0.1, -0.05) is 31.6 Å². The van der Waals surface area contributed by atoms with Gasteiger partial charge in [0.15, 0.2) is 17.3 Å². The van der Waals surface area contributed by atoms with Crippen LogP contribution in [0.3, 0.4) is 0 Å². The molecule has 2 atom stereocenters. The molecule has 0 saturated carbocycles. The lowest BCUT2D eigenvalue weighted by Crippen LogP contribution is -2.48. The zero-order valence-electron chi connectivity index (χ0n) is 19.8. The van der Waals surface area contributed by atoms with Gasteiger partial charge in [0.05, 0.1) is 39.7 Å². The molecule has 31 heavy (non-hydrogen) atoms. The Balaban J connectivity index is 1.63. The highest BCUT2D eigenvalue weighted by molar-refractivity contribution is 5.90. The number of carbonyl (C=O) groups is 1. The predicted molar refractivity (Wildman–Crippen MR) is 122 cm³/mol. The summed E-state index contributed by atoms with van der Waals surface area (Å²) >= 11 is 0. The summed E-state index contributed by atoms with van der Waals surface area (Å²) < 4.78 is 17.9. The number of allylic oxidation sites excluding steroid dienone is 4. The average Bonchev–Trinajstić information content (AvgIpc) is 3.16. The van der Waals surface area contributed by atoms with Crippen LogP contribution in [0.5, 0.6) is 17.2 Å². The molecule has 1 aromatic rings. The molecule has 0 spiro atoms. The Morgan fingerprint density at radius 2 is 2.10 bits per heavy atom. The minimum absolute atomic E-state index is 0.0151. The summed E-state index contributed by atoms with van der Waals surface area (Å²) in [5.74, 6) is 2.62. The molecule has 2 heterocycles. The largest absolute Gasteiger partial charge is 0.492 e. The smallest absolute Gasteiger partial charge is 0.231 e. The van der Waals surface area contributed by atoms with E-state index in [1.807, 2.05) is 6.08 Å². The third-order valence-corrected chi connectivity index (χ3v) is 7.54. The second-order valence-corrected chi connectivity index (χ2v) is 10.5. The van der Waals surface area contributed by atoms with Gasteiger partial charge in [-0.25, -0.2) is 0 Å². The monoisotopic (exact) mass is 426 g/mol. The topological polar surface area (TPSA) is 44.8 Å². The molecule has 0 unspecified atom stereocenters. The van der Waals surface area contributed by atoms with Crippen LogP contribution in [0.4, 0.5) is 0 Å². The highest BCUT2D eigenvalue weighted by atomic mass is 16.7. The second kappa shape index (κ2) is 8.01. The van der Waals surface area contributed by atoms with Crippen molar-refractivity contribution in [1.29, 1.82) is 0 Å². The van der Waals surface area contributed by atoms with Crippen LogP contribution >= 0.6 is 0 Å². The summed E-state index contributed by atoms with van der Waals surface area (Å²) in [6, 6.07) is 2.09. The fourth-order valence-electron chi connectivity index (χ4n) is 5.56. The lowest BCUT2D eigenvalue weighted by molar-refractivity contribution is -0.922. The van der Waals surface area contributed by atoms with Crippen molar-refractivity contribution in [1.82, 2.24) is 0 Å². The SMILES string of the molecule is COc1c2c(cc3c1[C@@H](CC(=O)/C=C/[C@@H]1C(C)=CCCC1(C)C)[N+](C)(C)CC3)OCO2. The number of likely N-dealkylation sites (N-methyl/N-ethyl adjacent to an activating group) is 1. The highest BCUT2D eigenvalue weighted by Crippen LogP contribution is 2.51. The van der Waals surface area contributed by atoms with Crippen LogP contribution in [0, 0.1) is 11.3 Å². The van der Waals surface area contributed by atoms with E-state index < -0.39 is 0 Å². The van der Waals surface area contributed by atoms with Gasteiger partial charge in [0.1, 0.15) is 6.04 Å². The molecule has 0 bridgehead atoms. The summed E-state index contributed by atoms with van der Waals surface area (Å²) in [5.41, 5.74) is 3.85. The van der Waals surface area contributed by atoms with Crippen LogP contribution < -0.4 is 14.2 Å². The molecule has 1 aliphatic carbocycles. The van der Waals surface area contributed by atoms with Crippen molar-refractivity contribution in [2.75, 3.05) is 34.5 Å². The van der Waals surface area contributed by atoms with E-state index in [1.165, 1.54) is 11.1 Å². The highest BCUT2D eigenvalue weighted by Gasteiger charge is 2.42. The quantitative estimate of drug-likeness (QED) is 0.378. The minimum atomic E-state index is 0.0151. The van der Waals surface area contributed by atoms with Gasteiger partial charge in [-0.2, -0.15) is 0 Å². The predicted octanol–water partition coefficient (Wildman–Crippen LogP) is 5.00. The molecule has 0 amide bonds. The molecule has 0 saturated heterocycles. The first-order valence-corrected chi connectivity index (χ1v) is 11.3. The van der Waals surface area contributed by atoms with Crippen LogP contribution in [0.25, 0.3) is 0 Å². The Morgan fingerprint density at radius 3 is 2.81 bits per heavy atom. The van der Waals surface area contributed by atoms with Gasteiger partial charge in [-0.05, 0) is 42.9 Å². The van der Waals surface area contributed by atoms with Gasteiger partial charge in [0.2, 0.25) is 12.5 Å². The number of ketones is 1. The Morgan fingerprint density at radius 1 is 1.32 bits per heavy atom. The molecule has 5 heteroatoms. The molecule has 5 nitrogen and oxygen atoms in total. The maximum atomic E-state index is 13.2. The van der Waals surface area contributed by atoms with E-state index in [0.717, 1.165) is 47.4 Å². The van der Waals surface area contributed by atoms with Crippen LogP contribution in [0.1, 0.15) is 57.2 Å². The van der Waals surface area contributed by atoms with Crippen molar-refractivity contribution < 1.29 is 23.5 Å². The maximum Gasteiger partial charge on any atom is 0.231 e. The van der Waals surface area contributed by atoms with Crippen molar-refractivity contribution in [2.45, 2.75) is 52.5 Å². The third-order valence-electron chi connectivity index (χ3n) is 7.54. The number of hydrogen-bond donors (Lipinski definition) is 0. The maximum absolute atomic E-state index is 13.2. The Kier molecular flexibility index (Phi) is 5.67. The van der Waals surface area contributed by atoms with Gasteiger partial charge in [-0.15, -0.1) is 0 Å². The number of carbonyl (C=O) groups excluding carboxylic acids is 1. The molecule has 0 N–H and O–H groups in total. The Bertz CT molecular complexity index is 941.